The average molecular weight is 649 g/mol. The molecule has 0 fully saturated rings. The van der Waals surface area contributed by atoms with Crippen molar-refractivity contribution >= 4 is 46.1 Å². The van der Waals surface area contributed by atoms with E-state index in [-0.39, 0.29) is 23.0 Å². The lowest BCUT2D eigenvalue weighted by molar-refractivity contribution is 0.261. The number of amides is 2. The number of thioether (sulfide) groups is 1. The molecular formula is C33H50BrN3O3S. The van der Waals surface area contributed by atoms with Crippen LogP contribution in [-0.4, -0.2) is 30.5 Å². The van der Waals surface area contributed by atoms with Crippen molar-refractivity contribution in [1.29, 1.82) is 0 Å². The molecule has 0 unspecified atom stereocenters. The molecule has 2 aromatic rings. The van der Waals surface area contributed by atoms with Crippen molar-refractivity contribution in [3.8, 4) is 11.5 Å². The molecule has 2 N–H and O–H groups in total. The summed E-state index contributed by atoms with van der Waals surface area (Å²) in [5.41, 5.74) is 2.54. The number of unbranched alkanes of at least 4 members (excludes halogenated alkanes) is 11. The second-order valence-corrected chi connectivity index (χ2v) is 11.8. The van der Waals surface area contributed by atoms with Gasteiger partial charge in [0.25, 0.3) is 0 Å². The molecule has 0 aliphatic carbocycles. The zero-order valence-corrected chi connectivity index (χ0v) is 27.7. The number of benzene rings is 2. The largest absolute Gasteiger partial charge is 0.497 e. The fraction of sp³-hybridized carbons (Fsp3) is 0.545. The first-order valence-corrected chi connectivity index (χ1v) is 16.1. The van der Waals surface area contributed by atoms with Crippen LogP contribution in [0.1, 0.15) is 96.5 Å². The molecule has 1 aliphatic rings. The number of methoxy groups -OCH3 is 1. The van der Waals surface area contributed by atoms with E-state index in [4.69, 9.17) is 9.47 Å². The highest BCUT2D eigenvalue weighted by Gasteiger charge is 2.12. The Morgan fingerprint density at radius 2 is 1.59 bits per heavy atom. The number of allylic oxidation sites excluding steroid dienone is 1. The summed E-state index contributed by atoms with van der Waals surface area (Å²) >= 11 is 1.85. The van der Waals surface area contributed by atoms with Crippen LogP contribution in [0.4, 0.5) is 16.2 Å². The summed E-state index contributed by atoms with van der Waals surface area (Å²) in [6.45, 7) is 5.83. The Morgan fingerprint density at radius 3 is 2.22 bits per heavy atom. The first-order valence-electron chi connectivity index (χ1n) is 15.1. The summed E-state index contributed by atoms with van der Waals surface area (Å²) in [4.78, 5) is 16.4. The molecule has 8 heteroatoms. The van der Waals surface area contributed by atoms with E-state index >= 15 is 0 Å². The van der Waals surface area contributed by atoms with Crippen molar-refractivity contribution in [3.05, 3.63) is 59.1 Å². The van der Waals surface area contributed by atoms with Gasteiger partial charge >= 0.3 is 6.03 Å². The molecule has 0 aromatic heterocycles. The summed E-state index contributed by atoms with van der Waals surface area (Å²) in [6.07, 6.45) is 17.9. The van der Waals surface area contributed by atoms with E-state index in [9.17, 15) is 4.79 Å². The maximum absolute atomic E-state index is 12.8. The Balaban J connectivity index is 0.00000588. The average Bonchev–Trinajstić information content (AvgIpc) is 3.36. The number of halogens is 1. The summed E-state index contributed by atoms with van der Waals surface area (Å²) in [5, 5.41) is 5.91. The number of rotatable bonds is 19. The van der Waals surface area contributed by atoms with Crippen LogP contribution in [0, 0.1) is 0 Å². The van der Waals surface area contributed by atoms with Crippen LogP contribution < -0.4 is 20.1 Å². The van der Waals surface area contributed by atoms with Gasteiger partial charge in [-0.2, -0.15) is 0 Å². The van der Waals surface area contributed by atoms with Crippen LogP contribution in [-0.2, 0) is 6.54 Å². The molecule has 0 radical (unpaired) electrons. The van der Waals surface area contributed by atoms with E-state index in [1.54, 1.807) is 7.11 Å². The lowest BCUT2D eigenvalue weighted by atomic mass is 10.1. The van der Waals surface area contributed by atoms with Gasteiger partial charge in [0, 0.05) is 24.5 Å². The molecule has 2 aromatic carbocycles. The van der Waals surface area contributed by atoms with Crippen LogP contribution in [0.15, 0.2) is 53.6 Å². The number of urea groups is 1. The Hall–Kier alpha value is -2.32. The molecule has 0 bridgehead atoms. The molecular weight excluding hydrogens is 598 g/mol. The fourth-order valence-corrected chi connectivity index (χ4v) is 5.61. The van der Waals surface area contributed by atoms with Crippen molar-refractivity contribution in [3.63, 3.8) is 0 Å². The molecule has 2 amide bonds. The first-order chi connectivity index (χ1) is 19.6. The molecule has 3 rings (SSSR count). The highest BCUT2D eigenvalue weighted by atomic mass is 79.9. The maximum Gasteiger partial charge on any atom is 0.323 e. The third kappa shape index (κ3) is 13.9. The number of carbonyl (C=O) groups is 1. The summed E-state index contributed by atoms with van der Waals surface area (Å²) in [7, 11) is 1.63. The van der Waals surface area contributed by atoms with Gasteiger partial charge in [-0.1, -0.05) is 89.7 Å². The summed E-state index contributed by atoms with van der Waals surface area (Å²) in [6, 6.07) is 13.2. The summed E-state index contributed by atoms with van der Waals surface area (Å²) in [5.74, 6) is 2.29. The van der Waals surface area contributed by atoms with Crippen LogP contribution in [0.25, 0.3) is 0 Å². The number of hydrogen-bond acceptors (Lipinski definition) is 5. The molecule has 6 nitrogen and oxygen atoms in total. The number of carbonyl (C=O) groups excluding carboxylic acids is 1. The number of nitrogens with one attached hydrogen (secondary N) is 2. The molecule has 0 saturated carbocycles. The first kappa shape index (κ1) is 34.9. The number of ether oxygens (including phenoxy) is 2. The van der Waals surface area contributed by atoms with Crippen molar-refractivity contribution in [2.24, 2.45) is 0 Å². The van der Waals surface area contributed by atoms with Crippen LogP contribution in [0.5, 0.6) is 11.5 Å². The van der Waals surface area contributed by atoms with Gasteiger partial charge in [-0.05, 0) is 48.1 Å². The number of anilines is 2. The van der Waals surface area contributed by atoms with Gasteiger partial charge in [0.2, 0.25) is 0 Å². The monoisotopic (exact) mass is 647 g/mol. The van der Waals surface area contributed by atoms with Gasteiger partial charge in [0.1, 0.15) is 11.5 Å². The molecule has 228 valence electrons. The zero-order valence-electron chi connectivity index (χ0n) is 25.2. The molecule has 1 aliphatic heterocycles. The predicted molar refractivity (Wildman–Crippen MR) is 181 cm³/mol. The van der Waals surface area contributed by atoms with Gasteiger partial charge in [0.15, 0.2) is 0 Å². The van der Waals surface area contributed by atoms with E-state index in [1.807, 2.05) is 48.2 Å². The molecule has 41 heavy (non-hydrogen) atoms. The molecule has 0 saturated heterocycles. The van der Waals surface area contributed by atoms with Crippen LogP contribution in [0.3, 0.4) is 0 Å². The Kier molecular flexibility index (Phi) is 17.5. The van der Waals surface area contributed by atoms with Gasteiger partial charge in [-0.25, -0.2) is 4.79 Å². The van der Waals surface area contributed by atoms with Gasteiger partial charge in [-0.3, -0.25) is 0 Å². The third-order valence-electron chi connectivity index (χ3n) is 7.09. The Bertz CT molecular complexity index is 1070. The predicted octanol–water partition coefficient (Wildman–Crippen LogP) is 10.4. The van der Waals surface area contributed by atoms with Crippen molar-refractivity contribution in [2.75, 3.05) is 30.2 Å². The minimum absolute atomic E-state index is 0. The number of nitrogens with zero attached hydrogens (tertiary/aromatic N) is 1. The lowest BCUT2D eigenvalue weighted by Crippen LogP contribution is -2.20. The van der Waals surface area contributed by atoms with Crippen molar-refractivity contribution in [1.82, 2.24) is 4.90 Å². The second-order valence-electron chi connectivity index (χ2n) is 10.6. The van der Waals surface area contributed by atoms with E-state index in [0.29, 0.717) is 23.8 Å². The topological polar surface area (TPSA) is 62.8 Å². The SMILES string of the molecule is Br.CCCCCCCCCCCCCCOc1cc(OC)ccc1NC(=O)Nc1cccc(CN2C=C(C)SC2)c1. The van der Waals surface area contributed by atoms with Crippen LogP contribution in [0.2, 0.25) is 0 Å². The zero-order chi connectivity index (χ0) is 28.4. The number of hydrogen-bond donors (Lipinski definition) is 2. The summed E-state index contributed by atoms with van der Waals surface area (Å²) < 4.78 is 11.5. The van der Waals surface area contributed by atoms with Gasteiger partial charge in [-0.15, -0.1) is 28.7 Å². The van der Waals surface area contributed by atoms with E-state index < -0.39 is 0 Å². The fourth-order valence-electron chi connectivity index (χ4n) is 4.85. The highest BCUT2D eigenvalue weighted by Crippen LogP contribution is 2.30. The standard InChI is InChI=1S/C33H49N3O3S.BrH/c1-4-5-6-7-8-9-10-11-12-13-14-15-21-39-32-23-30(38-3)19-20-31(32)35-33(37)34-29-18-16-17-28(22-29)25-36-24-27(2)40-26-36;/h16-20,22-24H,4-15,21,25-26H2,1-3H3,(H2,34,35,37);1H. The third-order valence-corrected chi connectivity index (χ3v) is 8.11. The molecule has 1 heterocycles. The smallest absolute Gasteiger partial charge is 0.323 e. The van der Waals surface area contributed by atoms with Crippen LogP contribution >= 0.6 is 28.7 Å². The molecule has 0 atom stereocenters. The minimum Gasteiger partial charge on any atom is -0.497 e. The maximum atomic E-state index is 12.8. The van der Waals surface area contributed by atoms with Gasteiger partial charge < -0.3 is 25.0 Å². The van der Waals surface area contributed by atoms with Crippen molar-refractivity contribution in [2.45, 2.75) is 97.4 Å². The highest BCUT2D eigenvalue weighted by molar-refractivity contribution is 8.93. The quantitative estimate of drug-likeness (QED) is 0.149. The van der Waals surface area contributed by atoms with E-state index in [1.165, 1.54) is 69.1 Å². The Morgan fingerprint density at radius 1 is 0.902 bits per heavy atom. The van der Waals surface area contributed by atoms with Gasteiger partial charge in [0.05, 0.1) is 25.3 Å². The molecule has 0 spiro atoms. The Labute approximate surface area is 262 Å². The second kappa shape index (κ2) is 20.5. The van der Waals surface area contributed by atoms with E-state index in [0.717, 1.165) is 36.5 Å². The van der Waals surface area contributed by atoms with Crippen molar-refractivity contribution < 1.29 is 14.3 Å². The normalized spacial score (nSPS) is 12.5. The lowest BCUT2D eigenvalue weighted by Gasteiger charge is -2.16. The van der Waals surface area contributed by atoms with E-state index in [2.05, 4.69) is 41.6 Å². The minimum atomic E-state index is -0.301.